The van der Waals surface area contributed by atoms with Gasteiger partial charge in [-0.1, -0.05) is 6.92 Å². The van der Waals surface area contributed by atoms with E-state index in [1.54, 1.807) is 6.92 Å². The maximum Gasteiger partial charge on any atom is 0.314 e. The highest BCUT2D eigenvalue weighted by Crippen LogP contribution is 2.13. The maximum absolute atomic E-state index is 10.5. The number of nitrogens with zero attached hydrogens (tertiary/aromatic N) is 2. The van der Waals surface area contributed by atoms with Crippen LogP contribution in [0, 0.1) is 0 Å². The van der Waals surface area contributed by atoms with E-state index in [1.807, 2.05) is 0 Å². The van der Waals surface area contributed by atoms with Gasteiger partial charge in [-0.15, -0.1) is 0 Å². The zero-order valence-electron chi connectivity index (χ0n) is 6.11. The van der Waals surface area contributed by atoms with Crippen molar-refractivity contribution in [2.45, 2.75) is 19.3 Å². The third kappa shape index (κ3) is 1.54. The molecule has 0 amide bonds. The first-order valence-electron chi connectivity index (χ1n) is 3.33. The zero-order valence-corrected chi connectivity index (χ0v) is 6.11. The number of hydrogen-bond acceptors (Lipinski definition) is 3. The molecule has 0 spiro atoms. The van der Waals surface area contributed by atoms with Gasteiger partial charge < -0.3 is 5.11 Å². The maximum atomic E-state index is 10.5. The molecule has 0 unspecified atom stereocenters. The lowest BCUT2D eigenvalue weighted by molar-refractivity contribution is -0.139. The van der Waals surface area contributed by atoms with E-state index in [9.17, 15) is 4.79 Å². The average molecular weight is 155 g/mol. The molecule has 0 radical (unpaired) electrons. The molecule has 0 fully saturated rings. The number of aliphatic carboxylic acids is 1. The fraction of sp³-hybridized carbons (Fsp3) is 0.500. The van der Waals surface area contributed by atoms with E-state index in [0.717, 1.165) is 0 Å². The van der Waals surface area contributed by atoms with Crippen LogP contribution in [0.5, 0.6) is 0 Å². The van der Waals surface area contributed by atoms with Gasteiger partial charge in [0, 0.05) is 0 Å². The summed E-state index contributed by atoms with van der Waals surface area (Å²) in [4.78, 5) is 14.3. The number of carbonyl (C=O) groups is 1. The van der Waals surface area contributed by atoms with Crippen molar-refractivity contribution in [2.24, 2.45) is 0 Å². The Labute approximate surface area is 63.5 Å². The first-order valence-corrected chi connectivity index (χ1v) is 3.33. The Hall–Kier alpha value is -1.39. The Balaban J connectivity index is 2.79. The van der Waals surface area contributed by atoms with E-state index in [-0.39, 0.29) is 0 Å². The van der Waals surface area contributed by atoms with Crippen molar-refractivity contribution in [3.05, 3.63) is 12.2 Å². The molecule has 0 bridgehead atoms. The minimum atomic E-state index is -0.871. The van der Waals surface area contributed by atoms with E-state index in [0.29, 0.717) is 12.2 Å². The Morgan fingerprint density at radius 3 is 3.00 bits per heavy atom. The summed E-state index contributed by atoms with van der Waals surface area (Å²) in [6.45, 7) is 1.79. The summed E-state index contributed by atoms with van der Waals surface area (Å²) in [5.74, 6) is -1.01. The van der Waals surface area contributed by atoms with E-state index in [2.05, 4.69) is 15.2 Å². The van der Waals surface area contributed by atoms with Gasteiger partial charge in [0.2, 0.25) is 0 Å². The molecule has 0 aliphatic heterocycles. The number of carboxylic acid groups (broad SMARTS) is 1. The molecule has 0 aliphatic carbocycles. The standard InChI is InChI=1S/C6H9N3O2/c1-2-4(6(10)11)5-7-3-8-9-5/h3-4H,2H2,1H3,(H,10,11)(H,7,8,9)/t4-/m0/s1. The highest BCUT2D eigenvalue weighted by atomic mass is 16.4. The largest absolute Gasteiger partial charge is 0.481 e. The Kier molecular flexibility index (Phi) is 2.20. The summed E-state index contributed by atoms with van der Waals surface area (Å²) in [5, 5.41) is 14.8. The van der Waals surface area contributed by atoms with Gasteiger partial charge in [0.15, 0.2) is 0 Å². The highest BCUT2D eigenvalue weighted by Gasteiger charge is 2.19. The van der Waals surface area contributed by atoms with E-state index < -0.39 is 11.9 Å². The minimum Gasteiger partial charge on any atom is -0.481 e. The predicted molar refractivity (Wildman–Crippen MR) is 37.1 cm³/mol. The predicted octanol–water partition coefficient (Wildman–Crippen LogP) is 0.383. The number of carboxylic acids is 1. The molecule has 0 aliphatic rings. The van der Waals surface area contributed by atoms with Crippen LogP contribution in [0.15, 0.2) is 6.33 Å². The molecule has 1 rings (SSSR count). The van der Waals surface area contributed by atoms with Gasteiger partial charge in [-0.05, 0) is 6.42 Å². The third-order valence-corrected chi connectivity index (χ3v) is 1.47. The van der Waals surface area contributed by atoms with Gasteiger partial charge in [0.25, 0.3) is 0 Å². The molecule has 60 valence electrons. The molecule has 0 saturated carbocycles. The number of aromatic amines is 1. The van der Waals surface area contributed by atoms with Crippen LogP contribution in [-0.4, -0.2) is 26.3 Å². The van der Waals surface area contributed by atoms with Crippen LogP contribution in [-0.2, 0) is 4.79 Å². The quantitative estimate of drug-likeness (QED) is 0.661. The topological polar surface area (TPSA) is 78.9 Å². The molecule has 11 heavy (non-hydrogen) atoms. The van der Waals surface area contributed by atoms with Crippen LogP contribution < -0.4 is 0 Å². The number of hydrogen-bond donors (Lipinski definition) is 2. The second kappa shape index (κ2) is 3.14. The summed E-state index contributed by atoms with van der Waals surface area (Å²) in [7, 11) is 0. The summed E-state index contributed by atoms with van der Waals surface area (Å²) in [5.41, 5.74) is 0. The Morgan fingerprint density at radius 1 is 1.91 bits per heavy atom. The summed E-state index contributed by atoms with van der Waals surface area (Å²) in [6.07, 6.45) is 1.82. The molecule has 5 heteroatoms. The monoisotopic (exact) mass is 155 g/mol. The normalized spacial score (nSPS) is 12.8. The summed E-state index contributed by atoms with van der Waals surface area (Å²) in [6, 6.07) is 0. The second-order valence-electron chi connectivity index (χ2n) is 2.17. The van der Waals surface area contributed by atoms with Crippen LogP contribution in [0.1, 0.15) is 25.1 Å². The summed E-state index contributed by atoms with van der Waals surface area (Å²) >= 11 is 0. The van der Waals surface area contributed by atoms with Crippen LogP contribution in [0.4, 0.5) is 0 Å². The first-order chi connectivity index (χ1) is 5.25. The number of nitrogens with one attached hydrogen (secondary N) is 1. The van der Waals surface area contributed by atoms with E-state index >= 15 is 0 Å². The molecule has 1 heterocycles. The molecule has 0 aromatic carbocycles. The minimum absolute atomic E-state index is 0.417. The average Bonchev–Trinajstić information content (AvgIpc) is 2.40. The lowest BCUT2D eigenvalue weighted by Crippen LogP contribution is -2.11. The van der Waals surface area contributed by atoms with Crippen molar-refractivity contribution in [1.82, 2.24) is 15.2 Å². The first kappa shape index (κ1) is 7.71. The van der Waals surface area contributed by atoms with Gasteiger partial charge in [0.05, 0.1) is 0 Å². The molecule has 1 aromatic rings. The van der Waals surface area contributed by atoms with E-state index in [1.165, 1.54) is 6.33 Å². The number of aromatic nitrogens is 3. The second-order valence-corrected chi connectivity index (χ2v) is 2.17. The smallest absolute Gasteiger partial charge is 0.314 e. The molecule has 5 nitrogen and oxygen atoms in total. The highest BCUT2D eigenvalue weighted by molar-refractivity contribution is 5.74. The van der Waals surface area contributed by atoms with Crippen LogP contribution in [0.25, 0.3) is 0 Å². The van der Waals surface area contributed by atoms with Gasteiger partial charge in [-0.25, -0.2) is 4.98 Å². The number of H-pyrrole nitrogens is 1. The fourth-order valence-electron chi connectivity index (χ4n) is 0.868. The molecular formula is C6H9N3O2. The SMILES string of the molecule is CC[C@H](C(=O)O)c1ncn[nH]1. The van der Waals surface area contributed by atoms with Crippen LogP contribution in [0.2, 0.25) is 0 Å². The molecule has 2 N–H and O–H groups in total. The van der Waals surface area contributed by atoms with Crippen LogP contribution >= 0.6 is 0 Å². The fourth-order valence-corrected chi connectivity index (χ4v) is 0.868. The van der Waals surface area contributed by atoms with Gasteiger partial charge in [0.1, 0.15) is 18.1 Å². The van der Waals surface area contributed by atoms with Gasteiger partial charge in [-0.3, -0.25) is 9.89 Å². The third-order valence-electron chi connectivity index (χ3n) is 1.47. The van der Waals surface area contributed by atoms with Gasteiger partial charge >= 0.3 is 5.97 Å². The lowest BCUT2D eigenvalue weighted by Gasteiger charge is -2.03. The molecule has 0 saturated heterocycles. The Bertz CT molecular complexity index is 232. The van der Waals surface area contributed by atoms with Crippen molar-refractivity contribution >= 4 is 5.97 Å². The molecule has 1 aromatic heterocycles. The summed E-state index contributed by atoms with van der Waals surface area (Å²) < 4.78 is 0. The van der Waals surface area contributed by atoms with Crippen molar-refractivity contribution < 1.29 is 9.90 Å². The van der Waals surface area contributed by atoms with Crippen molar-refractivity contribution in [2.75, 3.05) is 0 Å². The van der Waals surface area contributed by atoms with Crippen molar-refractivity contribution in [3.8, 4) is 0 Å². The van der Waals surface area contributed by atoms with Crippen molar-refractivity contribution in [3.63, 3.8) is 0 Å². The molecule has 1 atom stereocenters. The molecular weight excluding hydrogens is 146 g/mol. The van der Waals surface area contributed by atoms with Crippen molar-refractivity contribution in [1.29, 1.82) is 0 Å². The van der Waals surface area contributed by atoms with Crippen LogP contribution in [0.3, 0.4) is 0 Å². The van der Waals surface area contributed by atoms with Gasteiger partial charge in [-0.2, -0.15) is 5.10 Å². The lowest BCUT2D eigenvalue weighted by atomic mass is 10.1. The number of rotatable bonds is 3. The Morgan fingerprint density at radius 2 is 2.64 bits per heavy atom. The van der Waals surface area contributed by atoms with E-state index in [4.69, 9.17) is 5.11 Å². The zero-order chi connectivity index (χ0) is 8.27.